The van der Waals surface area contributed by atoms with E-state index < -0.39 is 16.1 Å². The van der Waals surface area contributed by atoms with Gasteiger partial charge in [-0.1, -0.05) is 59.2 Å². The van der Waals surface area contributed by atoms with E-state index in [4.69, 9.17) is 0 Å². The molecule has 0 nitrogen and oxygen atoms in total. The fourth-order valence-corrected chi connectivity index (χ4v) is 4.92. The van der Waals surface area contributed by atoms with Gasteiger partial charge < -0.3 is 0 Å². The predicted molar refractivity (Wildman–Crippen MR) is 77.7 cm³/mol. The van der Waals surface area contributed by atoms with Gasteiger partial charge in [-0.25, -0.2) is 11.6 Å². The Kier molecular flexibility index (Phi) is 5.27. The van der Waals surface area contributed by atoms with Crippen molar-refractivity contribution in [2.45, 2.75) is 59.2 Å². The van der Waals surface area contributed by atoms with Crippen LogP contribution in [0.3, 0.4) is 0 Å². The van der Waals surface area contributed by atoms with Crippen LogP contribution in [0.1, 0.15) is 13.8 Å². The molecular formula is C13H27Si2-. The van der Waals surface area contributed by atoms with Gasteiger partial charge in [0.1, 0.15) is 0 Å². The molecule has 0 aromatic rings. The summed E-state index contributed by atoms with van der Waals surface area (Å²) < 4.78 is 0. The van der Waals surface area contributed by atoms with Crippen LogP contribution in [0.4, 0.5) is 0 Å². The van der Waals surface area contributed by atoms with Crippen molar-refractivity contribution in [3.63, 3.8) is 0 Å². The Labute approximate surface area is 98.5 Å². The van der Waals surface area contributed by atoms with Crippen LogP contribution >= 0.6 is 0 Å². The van der Waals surface area contributed by atoms with Gasteiger partial charge in [0.25, 0.3) is 0 Å². The van der Waals surface area contributed by atoms with Crippen molar-refractivity contribution in [1.29, 1.82) is 0 Å². The van der Waals surface area contributed by atoms with Crippen LogP contribution in [0.25, 0.3) is 0 Å². The van der Waals surface area contributed by atoms with Gasteiger partial charge in [0.05, 0.1) is 0 Å². The lowest BCUT2D eigenvalue weighted by Crippen LogP contribution is -2.19. The average molecular weight is 240 g/mol. The third-order valence-electron chi connectivity index (χ3n) is 1.84. The first-order valence-electron chi connectivity index (χ1n) is 5.78. The van der Waals surface area contributed by atoms with Crippen LogP contribution in [-0.4, -0.2) is 16.1 Å². The Morgan fingerprint density at radius 3 is 1.80 bits per heavy atom. The minimum absolute atomic E-state index is 0.944. The Morgan fingerprint density at radius 1 is 1.00 bits per heavy atom. The summed E-state index contributed by atoms with van der Waals surface area (Å²) in [6, 6.07) is 1.30. The summed E-state index contributed by atoms with van der Waals surface area (Å²) in [4.78, 5) is 0. The van der Waals surface area contributed by atoms with Gasteiger partial charge >= 0.3 is 0 Å². The van der Waals surface area contributed by atoms with E-state index in [0.717, 1.165) is 0 Å². The highest BCUT2D eigenvalue weighted by atomic mass is 28.3. The van der Waals surface area contributed by atoms with Gasteiger partial charge in [0.15, 0.2) is 0 Å². The van der Waals surface area contributed by atoms with Gasteiger partial charge in [-0.05, 0) is 8.07 Å². The van der Waals surface area contributed by atoms with Crippen molar-refractivity contribution in [2.75, 3.05) is 0 Å². The molecule has 0 radical (unpaired) electrons. The van der Waals surface area contributed by atoms with Crippen LogP contribution < -0.4 is 0 Å². The molecular weight excluding hydrogens is 212 g/mol. The number of hydrogen-bond donors (Lipinski definition) is 0. The van der Waals surface area contributed by atoms with Crippen LogP contribution in [0.2, 0.25) is 45.3 Å². The maximum absolute atomic E-state index is 3.63. The SMILES string of the molecule is CC(=[C-][Si](C)(C)C)C=C(C)C[Si](C)(C)C. The molecule has 0 aliphatic rings. The largest absolute Gasteiger partial charge is 0.276 e. The van der Waals surface area contributed by atoms with E-state index in [1.165, 1.54) is 17.2 Å². The highest BCUT2D eigenvalue weighted by Gasteiger charge is 2.11. The molecule has 88 valence electrons. The highest BCUT2D eigenvalue weighted by Crippen LogP contribution is 2.17. The van der Waals surface area contributed by atoms with E-state index in [-0.39, 0.29) is 0 Å². The van der Waals surface area contributed by atoms with E-state index in [0.29, 0.717) is 0 Å². The minimum atomic E-state index is -1.17. The lowest BCUT2D eigenvalue weighted by atomic mass is 10.2. The van der Waals surface area contributed by atoms with Crippen LogP contribution in [0, 0.1) is 5.70 Å². The van der Waals surface area contributed by atoms with Crippen LogP contribution in [-0.2, 0) is 0 Å². The van der Waals surface area contributed by atoms with E-state index in [1.807, 2.05) is 0 Å². The number of hydrogen-bond acceptors (Lipinski definition) is 0. The molecule has 0 amide bonds. The quantitative estimate of drug-likeness (QED) is 0.372. The lowest BCUT2D eigenvalue weighted by Gasteiger charge is -2.22. The molecule has 0 saturated heterocycles. The number of rotatable bonds is 4. The summed E-state index contributed by atoms with van der Waals surface area (Å²) in [6.45, 7) is 18.7. The summed E-state index contributed by atoms with van der Waals surface area (Å²) in [5, 5.41) is 0. The van der Waals surface area contributed by atoms with Gasteiger partial charge in [0, 0.05) is 8.07 Å². The lowest BCUT2D eigenvalue weighted by molar-refractivity contribution is 1.29. The molecule has 0 aromatic carbocycles. The number of allylic oxidation sites excluding steroid dienone is 3. The standard InChI is InChI=1S/C13H27Si2/c1-12(10-14(3,4)5)9-13(2)11-15(6,7)8/h9H,10H2,1-8H3/q-1. The van der Waals surface area contributed by atoms with E-state index >= 15 is 0 Å². The summed E-state index contributed by atoms with van der Waals surface area (Å²) in [5.74, 6) is 0. The van der Waals surface area contributed by atoms with E-state index in [9.17, 15) is 0 Å². The van der Waals surface area contributed by atoms with Gasteiger partial charge in [0.2, 0.25) is 0 Å². The fraction of sp³-hybridized carbons (Fsp3) is 0.692. The zero-order valence-corrected chi connectivity index (χ0v) is 13.8. The third-order valence-corrected chi connectivity index (χ3v) is 4.61. The molecule has 0 bridgehead atoms. The van der Waals surface area contributed by atoms with Crippen LogP contribution in [0.15, 0.2) is 17.2 Å². The van der Waals surface area contributed by atoms with E-state index in [2.05, 4.69) is 64.9 Å². The van der Waals surface area contributed by atoms with E-state index in [1.54, 1.807) is 0 Å². The maximum Gasteiger partial charge on any atom is 0.0467 e. The first-order chi connectivity index (χ1) is 6.49. The van der Waals surface area contributed by atoms with Crippen molar-refractivity contribution >= 4 is 16.1 Å². The predicted octanol–water partition coefficient (Wildman–Crippen LogP) is 4.90. The molecule has 0 aliphatic heterocycles. The van der Waals surface area contributed by atoms with Gasteiger partial charge in [-0.3, -0.25) is 5.70 Å². The first-order valence-corrected chi connectivity index (χ1v) is 13.0. The zero-order valence-electron chi connectivity index (χ0n) is 11.8. The van der Waals surface area contributed by atoms with Crippen molar-refractivity contribution < 1.29 is 0 Å². The summed E-state index contributed by atoms with van der Waals surface area (Å²) in [7, 11) is -2.11. The van der Waals surface area contributed by atoms with Crippen molar-refractivity contribution in [1.82, 2.24) is 0 Å². The van der Waals surface area contributed by atoms with Gasteiger partial charge in [-0.2, -0.15) is 5.57 Å². The first kappa shape index (κ1) is 14.9. The monoisotopic (exact) mass is 239 g/mol. The normalized spacial score (nSPS) is 15.7. The molecule has 0 N–H and O–H groups in total. The molecule has 0 fully saturated rings. The van der Waals surface area contributed by atoms with Crippen molar-refractivity contribution in [2.24, 2.45) is 0 Å². The zero-order chi connectivity index (χ0) is 12.3. The second kappa shape index (κ2) is 5.31. The van der Waals surface area contributed by atoms with Crippen LogP contribution in [0.5, 0.6) is 0 Å². The minimum Gasteiger partial charge on any atom is -0.276 e. The third kappa shape index (κ3) is 10.2. The molecule has 0 aliphatic carbocycles. The fourth-order valence-electron chi connectivity index (χ4n) is 1.88. The molecule has 0 atom stereocenters. The van der Waals surface area contributed by atoms with Crippen molar-refractivity contribution in [3.05, 3.63) is 22.9 Å². The molecule has 0 heterocycles. The Balaban J connectivity index is 4.57. The smallest absolute Gasteiger partial charge is 0.0467 e. The summed E-state index contributed by atoms with van der Waals surface area (Å²) in [5.41, 5.74) is 6.49. The summed E-state index contributed by atoms with van der Waals surface area (Å²) in [6.07, 6.45) is 2.33. The topological polar surface area (TPSA) is 0 Å². The molecule has 0 spiro atoms. The molecule has 0 saturated carbocycles. The summed E-state index contributed by atoms with van der Waals surface area (Å²) >= 11 is 0. The van der Waals surface area contributed by atoms with Gasteiger partial charge in [-0.15, -0.1) is 0 Å². The maximum atomic E-state index is 3.63. The molecule has 0 rings (SSSR count). The Morgan fingerprint density at radius 2 is 1.47 bits per heavy atom. The molecule has 0 aromatic heterocycles. The Bertz CT molecular complexity index is 259. The molecule has 15 heavy (non-hydrogen) atoms. The second-order valence-corrected chi connectivity index (χ2v) is 17.0. The Hall–Kier alpha value is -0.0862. The van der Waals surface area contributed by atoms with Crippen molar-refractivity contribution in [3.8, 4) is 0 Å². The molecule has 0 unspecified atom stereocenters. The molecule has 2 heteroatoms. The highest BCUT2D eigenvalue weighted by molar-refractivity contribution is 6.79. The second-order valence-electron chi connectivity index (χ2n) is 6.79. The average Bonchev–Trinajstić information content (AvgIpc) is 1.73.